The van der Waals surface area contributed by atoms with Crippen LogP contribution in [0.4, 0.5) is 4.79 Å². The monoisotopic (exact) mass is 1020 g/mol. The maximum atomic E-state index is 14.4. The number of amides is 3. The van der Waals surface area contributed by atoms with Crippen LogP contribution in [0, 0.1) is 5.92 Å². The molecule has 0 spiro atoms. The number of hydrogen-bond acceptors (Lipinski definition) is 12. The van der Waals surface area contributed by atoms with E-state index in [9.17, 15) is 39.3 Å². The second-order valence-electron chi connectivity index (χ2n) is 22.4. The first-order chi connectivity index (χ1) is 34.2. The molecule has 0 radical (unpaired) electrons. The van der Waals surface area contributed by atoms with E-state index in [1.54, 1.807) is 41.5 Å². The molecule has 1 aliphatic heterocycles. The van der Waals surface area contributed by atoms with Crippen LogP contribution in [0.3, 0.4) is 0 Å². The largest absolute Gasteiger partial charge is 0.460 e. The van der Waals surface area contributed by atoms with Gasteiger partial charge < -0.3 is 45.1 Å². The summed E-state index contributed by atoms with van der Waals surface area (Å²) in [5.74, 6) is -7.09. The number of ether oxygens (including phenoxy) is 3. The predicted molar refractivity (Wildman–Crippen MR) is 287 cm³/mol. The Kier molecular flexibility index (Phi) is 35.7. The van der Waals surface area contributed by atoms with E-state index in [1.165, 1.54) is 114 Å². The van der Waals surface area contributed by atoms with E-state index in [0.717, 1.165) is 64.2 Å². The summed E-state index contributed by atoms with van der Waals surface area (Å²) in [5.41, 5.74) is 5.21. The average Bonchev–Trinajstić information content (AvgIpc) is 3.30. The van der Waals surface area contributed by atoms with Crippen molar-refractivity contribution in [1.29, 1.82) is 0 Å². The molecule has 1 rings (SSSR count). The summed E-state index contributed by atoms with van der Waals surface area (Å²) >= 11 is 0. The highest BCUT2D eigenvalue weighted by Crippen LogP contribution is 2.36. The van der Waals surface area contributed by atoms with Gasteiger partial charge in [-0.05, 0) is 80.1 Å². The number of nitrogens with zero attached hydrogens (tertiary/aromatic N) is 1. The highest BCUT2D eigenvalue weighted by atomic mass is 16.6. The van der Waals surface area contributed by atoms with E-state index in [2.05, 4.69) is 36.6 Å². The number of carbonyl (C=O) groups excluding carboxylic acids is 5. The summed E-state index contributed by atoms with van der Waals surface area (Å²) in [6, 6.07) is -1.53. The SMILES string of the molecule is CCCCCCCC/C=C\CCCCCCCC(=O)N(CCCCCCCCCCCCCCCCCC)[C@]1(N)O[C@H](CO)[C@@H](O)[C@H](O)[C@H]1C(=O)CNC(=O)[C@H](CC(=O)OC(C)(C)C)NC(=O)OC(C)(C)C. The fourth-order valence-electron chi connectivity index (χ4n) is 9.26. The molecule has 15 nitrogen and oxygen atoms in total. The number of hydrogen-bond donors (Lipinski definition) is 6. The van der Waals surface area contributed by atoms with Gasteiger partial charge in [-0.15, -0.1) is 0 Å². The minimum atomic E-state index is -2.31. The van der Waals surface area contributed by atoms with Crippen LogP contribution in [-0.2, 0) is 33.4 Å². The molecule has 0 saturated carbocycles. The highest BCUT2D eigenvalue weighted by Gasteiger charge is 2.58. The first-order valence-electron chi connectivity index (χ1n) is 28.6. The van der Waals surface area contributed by atoms with Crippen LogP contribution in [0.1, 0.15) is 254 Å². The van der Waals surface area contributed by atoms with Gasteiger partial charge in [0.05, 0.1) is 25.7 Å². The summed E-state index contributed by atoms with van der Waals surface area (Å²) in [4.78, 5) is 69.2. The van der Waals surface area contributed by atoms with Crippen molar-refractivity contribution in [2.24, 2.45) is 11.7 Å². The molecule has 1 fully saturated rings. The van der Waals surface area contributed by atoms with Crippen LogP contribution in [-0.4, -0.2) is 111 Å². The lowest BCUT2D eigenvalue weighted by atomic mass is 9.82. The second kappa shape index (κ2) is 38.4. The first kappa shape index (κ1) is 66.9. The van der Waals surface area contributed by atoms with E-state index in [1.807, 2.05) is 0 Å². The lowest BCUT2D eigenvalue weighted by Gasteiger charge is -2.52. The number of esters is 1. The average molecular weight is 1020 g/mol. The molecule has 0 aromatic heterocycles. The van der Waals surface area contributed by atoms with Gasteiger partial charge in [-0.3, -0.25) is 24.9 Å². The van der Waals surface area contributed by atoms with Crippen molar-refractivity contribution >= 4 is 29.7 Å². The first-order valence-corrected chi connectivity index (χ1v) is 28.6. The topological polar surface area (TPSA) is 227 Å². The lowest BCUT2D eigenvalue weighted by molar-refractivity contribution is -0.291. The maximum absolute atomic E-state index is 14.4. The Labute approximate surface area is 436 Å². The Morgan fingerprint density at radius 3 is 1.51 bits per heavy atom. The Hall–Kier alpha value is -3.11. The van der Waals surface area contributed by atoms with E-state index in [0.29, 0.717) is 12.8 Å². The molecule has 1 heterocycles. The molecular weight excluding hydrogens is 917 g/mol. The van der Waals surface area contributed by atoms with Gasteiger partial charge in [0, 0.05) is 13.0 Å². The highest BCUT2D eigenvalue weighted by molar-refractivity contribution is 5.94. The molecule has 6 atom stereocenters. The molecule has 7 N–H and O–H groups in total. The summed E-state index contributed by atoms with van der Waals surface area (Å²) in [6.07, 6.45) is 30.9. The van der Waals surface area contributed by atoms with Gasteiger partial charge in [0.2, 0.25) is 17.7 Å². The molecule has 3 amide bonds. The van der Waals surface area contributed by atoms with Crippen molar-refractivity contribution in [2.75, 3.05) is 19.7 Å². The van der Waals surface area contributed by atoms with Crippen molar-refractivity contribution in [3.05, 3.63) is 12.2 Å². The van der Waals surface area contributed by atoms with E-state index < -0.39 is 96.6 Å². The van der Waals surface area contributed by atoms with Crippen molar-refractivity contribution in [1.82, 2.24) is 15.5 Å². The van der Waals surface area contributed by atoms with Gasteiger partial charge >= 0.3 is 12.1 Å². The van der Waals surface area contributed by atoms with Crippen LogP contribution in [0.5, 0.6) is 0 Å². The predicted octanol–water partition coefficient (Wildman–Crippen LogP) is 10.8. The number of ketones is 1. The van der Waals surface area contributed by atoms with Crippen LogP contribution in [0.25, 0.3) is 0 Å². The molecule has 0 aromatic rings. The number of Topliss-reactive ketones (excluding diaryl/α,β-unsaturated/α-hetero) is 1. The number of nitrogens with one attached hydrogen (secondary N) is 2. The fourth-order valence-corrected chi connectivity index (χ4v) is 9.26. The number of aliphatic hydroxyl groups is 3. The number of rotatable bonds is 41. The molecule has 0 aromatic carbocycles. The Morgan fingerprint density at radius 2 is 1.07 bits per heavy atom. The number of carbonyl (C=O) groups is 5. The molecule has 420 valence electrons. The third-order valence-electron chi connectivity index (χ3n) is 13.2. The second-order valence-corrected chi connectivity index (χ2v) is 22.4. The Balaban J connectivity index is 3.12. The smallest absolute Gasteiger partial charge is 0.408 e. The normalized spacial score (nSPS) is 19.8. The minimum Gasteiger partial charge on any atom is -0.460 e. The van der Waals surface area contributed by atoms with Crippen molar-refractivity contribution < 1.29 is 53.5 Å². The molecule has 0 bridgehead atoms. The van der Waals surface area contributed by atoms with Crippen LogP contribution < -0.4 is 16.4 Å². The summed E-state index contributed by atoms with van der Waals surface area (Å²) in [6.45, 7) is 12.9. The van der Waals surface area contributed by atoms with Gasteiger partial charge in [-0.25, -0.2) is 4.79 Å². The fraction of sp³-hybridized carbons (Fsp3) is 0.877. The number of alkyl carbamates (subject to hydrolysis) is 1. The lowest BCUT2D eigenvalue weighted by Crippen LogP contribution is -2.75. The molecule has 15 heteroatoms. The summed E-state index contributed by atoms with van der Waals surface area (Å²) in [7, 11) is 0. The van der Waals surface area contributed by atoms with Crippen molar-refractivity contribution in [3.8, 4) is 0 Å². The third-order valence-corrected chi connectivity index (χ3v) is 13.2. The van der Waals surface area contributed by atoms with Gasteiger partial charge in [-0.1, -0.05) is 174 Å². The maximum Gasteiger partial charge on any atom is 0.408 e. The van der Waals surface area contributed by atoms with E-state index in [4.69, 9.17) is 19.9 Å². The quantitative estimate of drug-likeness (QED) is 0.0146. The van der Waals surface area contributed by atoms with E-state index >= 15 is 0 Å². The number of nitrogens with two attached hydrogens (primary N) is 1. The summed E-state index contributed by atoms with van der Waals surface area (Å²) < 4.78 is 16.8. The Bertz CT molecular complexity index is 1480. The zero-order chi connectivity index (χ0) is 53.8. The molecule has 1 aliphatic rings. The molecule has 1 saturated heterocycles. The van der Waals surface area contributed by atoms with Crippen LogP contribution in [0.2, 0.25) is 0 Å². The Morgan fingerprint density at radius 1 is 0.639 bits per heavy atom. The van der Waals surface area contributed by atoms with Gasteiger partial charge in [0.15, 0.2) is 5.78 Å². The third kappa shape index (κ3) is 30.3. The number of unbranched alkanes of at least 4 members (excludes halogenated alkanes) is 26. The van der Waals surface area contributed by atoms with Crippen LogP contribution >= 0.6 is 0 Å². The number of aliphatic hydroxyl groups excluding tert-OH is 3. The molecule has 72 heavy (non-hydrogen) atoms. The van der Waals surface area contributed by atoms with E-state index in [-0.39, 0.29) is 13.0 Å². The van der Waals surface area contributed by atoms with Crippen molar-refractivity contribution in [3.63, 3.8) is 0 Å². The minimum absolute atomic E-state index is 0.0910. The van der Waals surface area contributed by atoms with Gasteiger partial charge in [-0.2, -0.15) is 0 Å². The number of allylic oxidation sites excluding steroid dienone is 2. The summed E-state index contributed by atoms with van der Waals surface area (Å²) in [5, 5.41) is 37.8. The van der Waals surface area contributed by atoms with Crippen LogP contribution in [0.15, 0.2) is 12.2 Å². The standard InChI is InChI=1S/C57H106N4O11/c1-9-11-13-15-17-19-21-23-25-27-29-31-33-35-37-39-41-61(48(64)40-38-36-34-32-30-28-26-24-22-20-18-16-14-12-10-2)57(58)50(52(67)51(66)47(44-62)70-57)46(63)43-59-53(68)45(42-49(65)71-55(3,4)5)60-54(69)72-56(6,7)8/h24,26,45,47,50-52,62,66-67H,9-23,25,27-44,58H2,1-8H3,(H,59,68)(H,60,69)/b26-24-/t45-,47+,50+,51+,52+,57-/m0/s1. The molecule has 0 aliphatic carbocycles. The molecular formula is C57H106N4O11. The van der Waals surface area contributed by atoms with Gasteiger partial charge in [0.25, 0.3) is 0 Å². The zero-order valence-electron chi connectivity index (χ0n) is 46.7. The van der Waals surface area contributed by atoms with Gasteiger partial charge in [0.1, 0.15) is 35.4 Å². The van der Waals surface area contributed by atoms with Crippen molar-refractivity contribution in [2.45, 2.75) is 296 Å². The molecule has 0 unspecified atom stereocenters. The zero-order valence-corrected chi connectivity index (χ0v) is 46.7.